The highest BCUT2D eigenvalue weighted by Gasteiger charge is 2.21. The van der Waals surface area contributed by atoms with Crippen LogP contribution >= 0.6 is 0 Å². The van der Waals surface area contributed by atoms with Gasteiger partial charge in [-0.15, -0.1) is 0 Å². The van der Waals surface area contributed by atoms with Crippen molar-refractivity contribution in [3.8, 4) is 0 Å². The fourth-order valence-corrected chi connectivity index (χ4v) is 2.00. The van der Waals surface area contributed by atoms with Crippen LogP contribution in [0.15, 0.2) is 10.7 Å². The van der Waals surface area contributed by atoms with Crippen molar-refractivity contribution in [3.05, 3.63) is 17.8 Å². The Bertz CT molecular complexity index is 442. The number of nitrogens with one attached hydrogen (secondary N) is 1. The molecular formula is C16H29N3O2. The molecule has 0 aliphatic heterocycles. The first-order valence-corrected chi connectivity index (χ1v) is 7.87. The molecule has 1 amide bonds. The molecule has 120 valence electrons. The number of aromatic nitrogens is 1. The maximum Gasteiger partial charge on any atom is 0.273 e. The number of rotatable bonds is 8. The van der Waals surface area contributed by atoms with E-state index in [1.165, 1.54) is 6.26 Å². The van der Waals surface area contributed by atoms with Crippen molar-refractivity contribution in [3.63, 3.8) is 0 Å². The van der Waals surface area contributed by atoms with Gasteiger partial charge in [0, 0.05) is 6.04 Å². The summed E-state index contributed by atoms with van der Waals surface area (Å²) in [6.45, 7) is 10.5. The number of oxazole rings is 1. The van der Waals surface area contributed by atoms with Crippen molar-refractivity contribution in [1.29, 1.82) is 0 Å². The van der Waals surface area contributed by atoms with E-state index >= 15 is 0 Å². The second kappa shape index (κ2) is 8.17. The molecule has 21 heavy (non-hydrogen) atoms. The van der Waals surface area contributed by atoms with E-state index in [0.29, 0.717) is 17.5 Å². The van der Waals surface area contributed by atoms with Gasteiger partial charge in [0.1, 0.15) is 6.26 Å². The predicted octanol–water partition coefficient (Wildman–Crippen LogP) is 3.28. The SMILES string of the molecule is CCC(C)C(N)c1nc(C(=O)NC(C)CCC(C)C)co1. The molecular weight excluding hydrogens is 266 g/mol. The maximum atomic E-state index is 12.1. The van der Waals surface area contributed by atoms with Crippen LogP contribution in [0.1, 0.15) is 76.3 Å². The lowest BCUT2D eigenvalue weighted by atomic mass is 10.0. The van der Waals surface area contributed by atoms with Gasteiger partial charge in [-0.2, -0.15) is 0 Å². The van der Waals surface area contributed by atoms with Crippen molar-refractivity contribution < 1.29 is 9.21 Å². The van der Waals surface area contributed by atoms with E-state index < -0.39 is 0 Å². The minimum atomic E-state index is -0.269. The minimum Gasteiger partial charge on any atom is -0.446 e. The number of nitrogens with two attached hydrogens (primary N) is 1. The van der Waals surface area contributed by atoms with Gasteiger partial charge in [-0.05, 0) is 31.6 Å². The third-order valence-corrected chi connectivity index (χ3v) is 3.85. The molecule has 5 nitrogen and oxygen atoms in total. The van der Waals surface area contributed by atoms with Gasteiger partial charge in [0.05, 0.1) is 6.04 Å². The second-order valence-electron chi connectivity index (χ2n) is 6.33. The molecule has 5 heteroatoms. The summed E-state index contributed by atoms with van der Waals surface area (Å²) < 4.78 is 5.35. The van der Waals surface area contributed by atoms with Crippen molar-refractivity contribution in [2.24, 2.45) is 17.6 Å². The third kappa shape index (κ3) is 5.50. The molecule has 0 aromatic carbocycles. The van der Waals surface area contributed by atoms with Crippen LogP contribution in [-0.2, 0) is 0 Å². The lowest BCUT2D eigenvalue weighted by molar-refractivity contribution is 0.0932. The summed E-state index contributed by atoms with van der Waals surface area (Å²) in [7, 11) is 0. The van der Waals surface area contributed by atoms with Crippen LogP contribution in [0.4, 0.5) is 0 Å². The quantitative estimate of drug-likeness (QED) is 0.771. The average molecular weight is 295 g/mol. The molecule has 3 unspecified atom stereocenters. The Morgan fingerprint density at radius 3 is 2.57 bits per heavy atom. The molecule has 0 spiro atoms. The average Bonchev–Trinajstić information content (AvgIpc) is 2.93. The van der Waals surface area contributed by atoms with E-state index in [2.05, 4.69) is 31.1 Å². The highest BCUT2D eigenvalue weighted by Crippen LogP contribution is 2.21. The van der Waals surface area contributed by atoms with Crippen LogP contribution in [0, 0.1) is 11.8 Å². The Hall–Kier alpha value is -1.36. The molecule has 0 saturated carbocycles. The number of hydrogen-bond acceptors (Lipinski definition) is 4. The van der Waals surface area contributed by atoms with Gasteiger partial charge in [0.15, 0.2) is 5.69 Å². The molecule has 0 saturated heterocycles. The van der Waals surface area contributed by atoms with Gasteiger partial charge < -0.3 is 15.5 Å². The van der Waals surface area contributed by atoms with E-state index in [9.17, 15) is 4.79 Å². The van der Waals surface area contributed by atoms with Crippen molar-refractivity contribution in [2.75, 3.05) is 0 Å². The molecule has 0 fully saturated rings. The summed E-state index contributed by atoms with van der Waals surface area (Å²) in [6.07, 6.45) is 4.38. The fourth-order valence-electron chi connectivity index (χ4n) is 2.00. The highest BCUT2D eigenvalue weighted by molar-refractivity contribution is 5.92. The van der Waals surface area contributed by atoms with Crippen LogP contribution < -0.4 is 11.1 Å². The summed E-state index contributed by atoms with van der Waals surface area (Å²) >= 11 is 0. The predicted molar refractivity (Wildman–Crippen MR) is 83.9 cm³/mol. The first kappa shape index (κ1) is 17.7. The first-order chi connectivity index (χ1) is 9.85. The Morgan fingerprint density at radius 2 is 2.00 bits per heavy atom. The summed E-state index contributed by atoms with van der Waals surface area (Å²) in [5.74, 6) is 1.14. The van der Waals surface area contributed by atoms with Gasteiger partial charge in [-0.25, -0.2) is 4.98 Å². The lowest BCUT2D eigenvalue weighted by Gasteiger charge is -2.14. The molecule has 3 N–H and O–H groups in total. The van der Waals surface area contributed by atoms with Gasteiger partial charge in [-0.1, -0.05) is 34.1 Å². The Kier molecular flexibility index (Phi) is 6.89. The molecule has 0 radical (unpaired) electrons. The zero-order valence-corrected chi connectivity index (χ0v) is 13.8. The molecule has 1 aromatic rings. The van der Waals surface area contributed by atoms with Crippen molar-refractivity contribution in [2.45, 2.75) is 66.0 Å². The van der Waals surface area contributed by atoms with Gasteiger partial charge in [-0.3, -0.25) is 4.79 Å². The maximum absolute atomic E-state index is 12.1. The smallest absolute Gasteiger partial charge is 0.273 e. The second-order valence-corrected chi connectivity index (χ2v) is 6.33. The monoisotopic (exact) mass is 295 g/mol. The Morgan fingerprint density at radius 1 is 1.33 bits per heavy atom. The van der Waals surface area contributed by atoms with Crippen LogP contribution in [0.3, 0.4) is 0 Å². The molecule has 0 bridgehead atoms. The molecule has 1 heterocycles. The van der Waals surface area contributed by atoms with E-state index in [4.69, 9.17) is 10.2 Å². The number of amides is 1. The Labute approximate surface area is 127 Å². The lowest BCUT2D eigenvalue weighted by Crippen LogP contribution is -2.33. The summed E-state index contributed by atoms with van der Waals surface area (Å²) in [4.78, 5) is 16.3. The van der Waals surface area contributed by atoms with Gasteiger partial charge in [0.25, 0.3) is 5.91 Å². The van der Waals surface area contributed by atoms with Crippen LogP contribution in [0.2, 0.25) is 0 Å². The third-order valence-electron chi connectivity index (χ3n) is 3.85. The number of hydrogen-bond donors (Lipinski definition) is 2. The standard InChI is InChI=1S/C16H29N3O2/c1-6-11(4)14(17)16-19-13(9-21-16)15(20)18-12(5)8-7-10(2)3/h9-12,14H,6-8,17H2,1-5H3,(H,18,20). The van der Waals surface area contributed by atoms with E-state index in [-0.39, 0.29) is 23.9 Å². The topological polar surface area (TPSA) is 81.1 Å². The fraction of sp³-hybridized carbons (Fsp3) is 0.750. The molecule has 0 aliphatic carbocycles. The number of carbonyl (C=O) groups excluding carboxylic acids is 1. The van der Waals surface area contributed by atoms with Gasteiger partial charge in [0.2, 0.25) is 5.89 Å². The highest BCUT2D eigenvalue weighted by atomic mass is 16.3. The first-order valence-electron chi connectivity index (χ1n) is 7.87. The van der Waals surface area contributed by atoms with Gasteiger partial charge >= 0.3 is 0 Å². The number of carbonyl (C=O) groups is 1. The summed E-state index contributed by atoms with van der Waals surface area (Å²) in [6, 6.07) is -0.141. The van der Waals surface area contributed by atoms with Crippen LogP contribution in [-0.4, -0.2) is 16.9 Å². The zero-order valence-electron chi connectivity index (χ0n) is 13.8. The molecule has 3 atom stereocenters. The van der Waals surface area contributed by atoms with Crippen molar-refractivity contribution in [1.82, 2.24) is 10.3 Å². The molecule has 1 aromatic heterocycles. The number of nitrogens with zero attached hydrogens (tertiary/aromatic N) is 1. The van der Waals surface area contributed by atoms with Crippen LogP contribution in [0.5, 0.6) is 0 Å². The van der Waals surface area contributed by atoms with Crippen LogP contribution in [0.25, 0.3) is 0 Å². The largest absolute Gasteiger partial charge is 0.446 e. The molecule has 0 aliphatic rings. The zero-order chi connectivity index (χ0) is 16.0. The summed E-state index contributed by atoms with van der Waals surface area (Å²) in [5, 5.41) is 2.94. The van der Waals surface area contributed by atoms with Crippen molar-refractivity contribution >= 4 is 5.91 Å². The molecule has 1 rings (SSSR count). The van der Waals surface area contributed by atoms with E-state index in [0.717, 1.165) is 19.3 Å². The minimum absolute atomic E-state index is 0.128. The van der Waals surface area contributed by atoms with E-state index in [1.54, 1.807) is 0 Å². The van der Waals surface area contributed by atoms with E-state index in [1.807, 2.05) is 13.8 Å². The summed E-state index contributed by atoms with van der Waals surface area (Å²) in [5.41, 5.74) is 6.36. The normalized spacial score (nSPS) is 15.8. The Balaban J connectivity index is 2.57.